The van der Waals surface area contributed by atoms with Gasteiger partial charge < -0.3 is 10.8 Å². The summed E-state index contributed by atoms with van der Waals surface area (Å²) in [7, 11) is 0. The molecule has 3 nitrogen and oxygen atoms in total. The maximum absolute atomic E-state index is 10.8. The highest BCUT2D eigenvalue weighted by Gasteiger charge is 2.23. The quantitative estimate of drug-likeness (QED) is 0.704. The van der Waals surface area contributed by atoms with Gasteiger partial charge in [-0.25, -0.2) is 4.79 Å². The molecule has 0 radical (unpaired) electrons. The molecule has 0 atom stereocenters. The van der Waals surface area contributed by atoms with Crippen LogP contribution in [0.1, 0.15) is 41.1 Å². The zero-order valence-electron chi connectivity index (χ0n) is 7.86. The highest BCUT2D eigenvalue weighted by Crippen LogP contribution is 2.39. The molecular formula is C11H13NO2. The number of hydrogen-bond acceptors (Lipinski definition) is 2. The molecule has 0 aliphatic heterocycles. The second-order valence-corrected chi connectivity index (χ2v) is 3.74. The van der Waals surface area contributed by atoms with Crippen LogP contribution < -0.4 is 5.73 Å². The molecule has 0 bridgehead atoms. The van der Waals surface area contributed by atoms with Crippen molar-refractivity contribution in [3.05, 3.63) is 29.3 Å². The van der Waals surface area contributed by atoms with E-state index in [1.54, 1.807) is 12.1 Å². The van der Waals surface area contributed by atoms with E-state index in [0.717, 1.165) is 18.4 Å². The molecule has 1 aliphatic rings. The Morgan fingerprint density at radius 3 is 2.64 bits per heavy atom. The molecule has 1 saturated carbocycles. The highest BCUT2D eigenvalue weighted by atomic mass is 16.4. The number of para-hydroxylation sites is 1. The van der Waals surface area contributed by atoms with Gasteiger partial charge in [-0.2, -0.15) is 0 Å². The molecule has 1 aromatic rings. The van der Waals surface area contributed by atoms with E-state index in [1.807, 2.05) is 6.07 Å². The molecule has 1 aromatic carbocycles. The predicted octanol–water partition coefficient (Wildman–Crippen LogP) is 2.23. The van der Waals surface area contributed by atoms with Gasteiger partial charge in [0.1, 0.15) is 0 Å². The summed E-state index contributed by atoms with van der Waals surface area (Å²) in [6.07, 6.45) is 3.49. The van der Waals surface area contributed by atoms with Crippen LogP contribution in [0.4, 0.5) is 5.69 Å². The minimum absolute atomic E-state index is 0.231. The Labute approximate surface area is 82.5 Å². The van der Waals surface area contributed by atoms with Crippen molar-refractivity contribution in [1.82, 2.24) is 0 Å². The fraction of sp³-hybridized carbons (Fsp3) is 0.364. The average molecular weight is 191 g/mol. The average Bonchev–Trinajstić information content (AvgIpc) is 2.04. The second kappa shape index (κ2) is 3.33. The van der Waals surface area contributed by atoms with E-state index < -0.39 is 5.97 Å². The third-order valence-electron chi connectivity index (χ3n) is 2.92. The Kier molecular flexibility index (Phi) is 2.15. The molecule has 0 saturated heterocycles. The lowest BCUT2D eigenvalue weighted by Gasteiger charge is -2.27. The summed E-state index contributed by atoms with van der Waals surface area (Å²) >= 11 is 0. The van der Waals surface area contributed by atoms with Crippen molar-refractivity contribution < 1.29 is 9.90 Å². The van der Waals surface area contributed by atoms with Crippen LogP contribution in [-0.4, -0.2) is 11.1 Å². The number of rotatable bonds is 2. The Morgan fingerprint density at radius 1 is 1.43 bits per heavy atom. The van der Waals surface area contributed by atoms with E-state index in [1.165, 1.54) is 6.42 Å². The van der Waals surface area contributed by atoms with Crippen LogP contribution in [0.25, 0.3) is 0 Å². The Balaban J connectivity index is 2.40. The number of benzene rings is 1. The first-order valence-corrected chi connectivity index (χ1v) is 4.82. The van der Waals surface area contributed by atoms with Gasteiger partial charge in [0.15, 0.2) is 0 Å². The van der Waals surface area contributed by atoms with Crippen molar-refractivity contribution in [1.29, 1.82) is 0 Å². The molecule has 0 spiro atoms. The number of anilines is 1. The molecule has 0 unspecified atom stereocenters. The van der Waals surface area contributed by atoms with Gasteiger partial charge in [0.25, 0.3) is 0 Å². The van der Waals surface area contributed by atoms with Crippen LogP contribution in [0.3, 0.4) is 0 Å². The lowest BCUT2D eigenvalue weighted by Crippen LogP contribution is -2.13. The largest absolute Gasteiger partial charge is 0.478 e. The molecule has 0 heterocycles. The number of nitrogens with two attached hydrogens (primary N) is 1. The third kappa shape index (κ3) is 1.35. The van der Waals surface area contributed by atoms with Gasteiger partial charge in [-0.3, -0.25) is 0 Å². The molecule has 14 heavy (non-hydrogen) atoms. The van der Waals surface area contributed by atoms with Crippen LogP contribution in [0.2, 0.25) is 0 Å². The minimum atomic E-state index is -0.941. The van der Waals surface area contributed by atoms with E-state index in [4.69, 9.17) is 10.8 Å². The standard InChI is InChI=1S/C11H13NO2/c12-10-8(7-3-1-4-7)5-2-6-9(10)11(13)14/h2,5-7H,1,3-4,12H2,(H,13,14). The van der Waals surface area contributed by atoms with E-state index in [2.05, 4.69) is 0 Å². The summed E-state index contributed by atoms with van der Waals surface area (Å²) in [5.41, 5.74) is 7.50. The van der Waals surface area contributed by atoms with Crippen LogP contribution in [-0.2, 0) is 0 Å². The summed E-state index contributed by atoms with van der Waals surface area (Å²) in [6.45, 7) is 0. The second-order valence-electron chi connectivity index (χ2n) is 3.74. The van der Waals surface area contributed by atoms with Gasteiger partial charge in [0.05, 0.1) is 5.56 Å². The number of carboxylic acids is 1. The Hall–Kier alpha value is -1.51. The van der Waals surface area contributed by atoms with E-state index in [9.17, 15) is 4.79 Å². The normalized spacial score (nSPS) is 16.3. The van der Waals surface area contributed by atoms with Crippen LogP contribution in [0.15, 0.2) is 18.2 Å². The zero-order valence-corrected chi connectivity index (χ0v) is 7.86. The van der Waals surface area contributed by atoms with Gasteiger partial charge in [0, 0.05) is 5.69 Å². The van der Waals surface area contributed by atoms with Crippen LogP contribution in [0.5, 0.6) is 0 Å². The summed E-state index contributed by atoms with van der Waals surface area (Å²) in [6, 6.07) is 5.26. The number of nitrogen functional groups attached to an aromatic ring is 1. The molecule has 0 aromatic heterocycles. The summed E-state index contributed by atoms with van der Waals surface area (Å²) in [4.78, 5) is 10.8. The van der Waals surface area contributed by atoms with Crippen molar-refractivity contribution in [2.75, 3.05) is 5.73 Å². The van der Waals surface area contributed by atoms with Crippen molar-refractivity contribution in [3.8, 4) is 0 Å². The van der Waals surface area contributed by atoms with Crippen molar-refractivity contribution >= 4 is 11.7 Å². The molecule has 1 fully saturated rings. The smallest absolute Gasteiger partial charge is 0.337 e. The lowest BCUT2D eigenvalue weighted by molar-refractivity contribution is 0.0698. The van der Waals surface area contributed by atoms with E-state index in [0.29, 0.717) is 11.6 Å². The number of carboxylic acid groups (broad SMARTS) is 1. The van der Waals surface area contributed by atoms with Crippen LogP contribution in [0, 0.1) is 0 Å². The lowest BCUT2D eigenvalue weighted by atomic mass is 9.79. The summed E-state index contributed by atoms with van der Waals surface area (Å²) < 4.78 is 0. The van der Waals surface area contributed by atoms with Gasteiger partial charge >= 0.3 is 5.97 Å². The SMILES string of the molecule is Nc1c(C(=O)O)cccc1C1CCC1. The number of hydrogen-bond donors (Lipinski definition) is 2. The first-order valence-electron chi connectivity index (χ1n) is 4.82. The first kappa shape index (κ1) is 9.06. The summed E-state index contributed by atoms with van der Waals surface area (Å²) in [5.74, 6) is -0.460. The van der Waals surface area contributed by atoms with Crippen molar-refractivity contribution in [2.45, 2.75) is 25.2 Å². The molecule has 0 amide bonds. The zero-order chi connectivity index (χ0) is 10.1. The fourth-order valence-electron chi connectivity index (χ4n) is 1.84. The molecule has 1 aliphatic carbocycles. The van der Waals surface area contributed by atoms with Crippen molar-refractivity contribution in [3.63, 3.8) is 0 Å². The summed E-state index contributed by atoms with van der Waals surface area (Å²) in [5, 5.41) is 8.88. The molecule has 74 valence electrons. The first-order chi connectivity index (χ1) is 6.70. The maximum Gasteiger partial charge on any atom is 0.337 e. The van der Waals surface area contributed by atoms with Crippen LogP contribution >= 0.6 is 0 Å². The Morgan fingerprint density at radius 2 is 2.14 bits per heavy atom. The number of carbonyl (C=O) groups is 1. The van der Waals surface area contributed by atoms with Gasteiger partial charge in [-0.1, -0.05) is 18.6 Å². The molecule has 3 heteroatoms. The number of aromatic carboxylic acids is 1. The van der Waals surface area contributed by atoms with E-state index in [-0.39, 0.29) is 5.56 Å². The minimum Gasteiger partial charge on any atom is -0.478 e. The van der Waals surface area contributed by atoms with Gasteiger partial charge in [-0.05, 0) is 30.4 Å². The fourth-order valence-corrected chi connectivity index (χ4v) is 1.84. The third-order valence-corrected chi connectivity index (χ3v) is 2.92. The van der Waals surface area contributed by atoms with Gasteiger partial charge in [0.2, 0.25) is 0 Å². The molecular weight excluding hydrogens is 178 g/mol. The molecule has 2 rings (SSSR count). The monoisotopic (exact) mass is 191 g/mol. The molecule has 3 N–H and O–H groups in total. The highest BCUT2D eigenvalue weighted by molar-refractivity contribution is 5.94. The topological polar surface area (TPSA) is 63.3 Å². The predicted molar refractivity (Wildman–Crippen MR) is 54.4 cm³/mol. The van der Waals surface area contributed by atoms with Crippen molar-refractivity contribution in [2.24, 2.45) is 0 Å². The van der Waals surface area contributed by atoms with Gasteiger partial charge in [-0.15, -0.1) is 0 Å². The Bertz CT molecular complexity index is 370. The maximum atomic E-state index is 10.8. The van der Waals surface area contributed by atoms with E-state index >= 15 is 0 Å².